The lowest BCUT2D eigenvalue weighted by Gasteiger charge is -2.38. The van der Waals surface area contributed by atoms with Crippen LogP contribution < -0.4 is 4.74 Å². The number of hydrogen-bond acceptors (Lipinski definition) is 3. The second kappa shape index (κ2) is 6.57. The number of amides is 1. The minimum atomic E-state index is -4.41. The molecule has 0 spiro atoms. The smallest absolute Gasteiger partial charge is 0.416 e. The highest BCUT2D eigenvalue weighted by atomic mass is 19.4. The molecule has 0 unspecified atom stereocenters. The number of ether oxygens (including phenoxy) is 1. The maximum atomic E-state index is 12.6. The third-order valence-corrected chi connectivity index (χ3v) is 4.45. The van der Waals surface area contributed by atoms with E-state index >= 15 is 0 Å². The standard InChI is InChI=1S/C20H15F3N2O2/c21-20(22,23)15-8-5-14(6-9-15)19(26)25-11-16(12-25)27-18-10-7-13-3-1-2-4-17(13)24-18/h1-10,16H,11-12H2. The van der Waals surface area contributed by atoms with Crippen LogP contribution in [0.2, 0.25) is 0 Å². The summed E-state index contributed by atoms with van der Waals surface area (Å²) in [7, 11) is 0. The number of rotatable bonds is 3. The molecule has 1 fully saturated rings. The van der Waals surface area contributed by atoms with Crippen LogP contribution in [0, 0.1) is 0 Å². The van der Waals surface area contributed by atoms with E-state index in [9.17, 15) is 18.0 Å². The monoisotopic (exact) mass is 372 g/mol. The summed E-state index contributed by atoms with van der Waals surface area (Å²) in [6.45, 7) is 0.739. The van der Waals surface area contributed by atoms with Crippen LogP contribution in [0.1, 0.15) is 15.9 Å². The number of carbonyl (C=O) groups is 1. The van der Waals surface area contributed by atoms with Crippen molar-refractivity contribution in [3.63, 3.8) is 0 Å². The second-order valence-electron chi connectivity index (χ2n) is 6.37. The predicted octanol–water partition coefficient (Wildman–Crippen LogP) is 4.16. The molecule has 0 radical (unpaired) electrons. The summed E-state index contributed by atoms with van der Waals surface area (Å²) in [4.78, 5) is 18.3. The minimum Gasteiger partial charge on any atom is -0.471 e. The Hall–Kier alpha value is -3.09. The largest absolute Gasteiger partial charge is 0.471 e. The summed E-state index contributed by atoms with van der Waals surface area (Å²) in [6.07, 6.45) is -4.60. The van der Waals surface area contributed by atoms with Gasteiger partial charge in [0.25, 0.3) is 5.91 Å². The van der Waals surface area contributed by atoms with Gasteiger partial charge in [-0.3, -0.25) is 4.79 Å². The molecule has 3 aromatic rings. The Balaban J connectivity index is 1.36. The summed E-state index contributed by atoms with van der Waals surface area (Å²) in [6, 6.07) is 15.6. The van der Waals surface area contributed by atoms with Crippen molar-refractivity contribution in [3.8, 4) is 5.88 Å². The Morgan fingerprint density at radius 2 is 1.70 bits per heavy atom. The van der Waals surface area contributed by atoms with Gasteiger partial charge in [-0.05, 0) is 36.4 Å². The molecular formula is C20H15F3N2O2. The van der Waals surface area contributed by atoms with E-state index in [0.717, 1.165) is 23.0 Å². The van der Waals surface area contributed by atoms with Crippen LogP contribution in [0.5, 0.6) is 5.88 Å². The maximum absolute atomic E-state index is 12.6. The molecule has 0 atom stereocenters. The van der Waals surface area contributed by atoms with Crippen molar-refractivity contribution in [2.24, 2.45) is 0 Å². The topological polar surface area (TPSA) is 42.4 Å². The number of aromatic nitrogens is 1. The van der Waals surface area contributed by atoms with E-state index < -0.39 is 11.7 Å². The molecule has 0 N–H and O–H groups in total. The SMILES string of the molecule is O=C(c1ccc(C(F)(F)F)cc1)N1CC(Oc2ccc3ccccc3n2)C1. The van der Waals surface area contributed by atoms with E-state index in [2.05, 4.69) is 4.98 Å². The van der Waals surface area contributed by atoms with Crippen molar-refractivity contribution in [3.05, 3.63) is 71.8 Å². The number of hydrogen-bond donors (Lipinski definition) is 0. The van der Waals surface area contributed by atoms with Crippen molar-refractivity contribution in [2.45, 2.75) is 12.3 Å². The Kier molecular flexibility index (Phi) is 4.22. The Labute approximate surface area is 153 Å². The molecule has 2 aromatic carbocycles. The first-order valence-corrected chi connectivity index (χ1v) is 8.39. The normalized spacial score (nSPS) is 14.9. The number of carbonyl (C=O) groups excluding carboxylic acids is 1. The minimum absolute atomic E-state index is 0.183. The molecule has 1 amide bonds. The van der Waals surface area contributed by atoms with Gasteiger partial charge in [0.2, 0.25) is 5.88 Å². The third kappa shape index (κ3) is 3.58. The molecule has 1 aliphatic heterocycles. The fraction of sp³-hybridized carbons (Fsp3) is 0.200. The lowest BCUT2D eigenvalue weighted by Crippen LogP contribution is -2.56. The van der Waals surface area contributed by atoms with Crippen LogP contribution in [0.3, 0.4) is 0 Å². The van der Waals surface area contributed by atoms with Gasteiger partial charge in [0.05, 0.1) is 24.2 Å². The Bertz CT molecular complexity index is 980. The summed E-state index contributed by atoms with van der Waals surface area (Å²) in [5.74, 6) is 0.176. The highest BCUT2D eigenvalue weighted by molar-refractivity contribution is 5.94. The Morgan fingerprint density at radius 1 is 1.00 bits per heavy atom. The van der Waals surface area contributed by atoms with Crippen LogP contribution in [0.25, 0.3) is 10.9 Å². The molecular weight excluding hydrogens is 357 g/mol. The van der Waals surface area contributed by atoms with Crippen LogP contribution in [-0.4, -0.2) is 35.0 Å². The van der Waals surface area contributed by atoms with Gasteiger partial charge in [-0.25, -0.2) is 4.98 Å². The van der Waals surface area contributed by atoms with Crippen LogP contribution >= 0.6 is 0 Å². The van der Waals surface area contributed by atoms with Gasteiger partial charge in [-0.15, -0.1) is 0 Å². The molecule has 0 bridgehead atoms. The highest BCUT2D eigenvalue weighted by Crippen LogP contribution is 2.29. The second-order valence-corrected chi connectivity index (χ2v) is 6.37. The van der Waals surface area contributed by atoms with E-state index in [1.54, 1.807) is 6.07 Å². The molecule has 7 heteroatoms. The van der Waals surface area contributed by atoms with Crippen molar-refractivity contribution >= 4 is 16.8 Å². The molecule has 1 aromatic heterocycles. The lowest BCUT2D eigenvalue weighted by molar-refractivity contribution is -0.137. The molecule has 1 aliphatic rings. The quantitative estimate of drug-likeness (QED) is 0.693. The predicted molar refractivity (Wildman–Crippen MR) is 93.5 cm³/mol. The number of likely N-dealkylation sites (tertiary alicyclic amines) is 1. The van der Waals surface area contributed by atoms with Crippen LogP contribution in [0.15, 0.2) is 60.7 Å². The van der Waals surface area contributed by atoms with Gasteiger partial charge < -0.3 is 9.64 Å². The fourth-order valence-corrected chi connectivity index (χ4v) is 2.95. The highest BCUT2D eigenvalue weighted by Gasteiger charge is 2.34. The van der Waals surface area contributed by atoms with E-state index in [0.29, 0.717) is 19.0 Å². The summed E-state index contributed by atoms with van der Waals surface area (Å²) < 4.78 is 43.6. The number of pyridine rings is 1. The fourth-order valence-electron chi connectivity index (χ4n) is 2.95. The molecule has 4 rings (SSSR count). The molecule has 27 heavy (non-hydrogen) atoms. The molecule has 0 saturated carbocycles. The van der Waals surface area contributed by atoms with Crippen LogP contribution in [-0.2, 0) is 6.18 Å². The van der Waals surface area contributed by atoms with E-state index in [1.807, 2.05) is 30.3 Å². The zero-order chi connectivity index (χ0) is 19.0. The zero-order valence-corrected chi connectivity index (χ0v) is 14.1. The Morgan fingerprint density at radius 3 is 2.41 bits per heavy atom. The van der Waals surface area contributed by atoms with E-state index in [-0.39, 0.29) is 17.6 Å². The van der Waals surface area contributed by atoms with Gasteiger partial charge in [-0.1, -0.05) is 18.2 Å². The molecule has 4 nitrogen and oxygen atoms in total. The average molecular weight is 372 g/mol. The molecule has 0 aliphatic carbocycles. The number of nitrogens with zero attached hydrogens (tertiary/aromatic N) is 2. The van der Waals surface area contributed by atoms with Gasteiger partial charge in [0.15, 0.2) is 0 Å². The van der Waals surface area contributed by atoms with Gasteiger partial charge in [0, 0.05) is 17.0 Å². The first-order valence-electron chi connectivity index (χ1n) is 8.39. The summed E-state index contributed by atoms with van der Waals surface area (Å²) >= 11 is 0. The van der Waals surface area contributed by atoms with Gasteiger partial charge in [-0.2, -0.15) is 13.2 Å². The third-order valence-electron chi connectivity index (χ3n) is 4.45. The molecule has 2 heterocycles. The maximum Gasteiger partial charge on any atom is 0.416 e. The van der Waals surface area contributed by atoms with Crippen molar-refractivity contribution in [1.29, 1.82) is 0 Å². The van der Waals surface area contributed by atoms with Crippen molar-refractivity contribution < 1.29 is 22.7 Å². The summed E-state index contributed by atoms with van der Waals surface area (Å²) in [5, 5.41) is 1.01. The average Bonchev–Trinajstić information content (AvgIpc) is 2.63. The van der Waals surface area contributed by atoms with Crippen molar-refractivity contribution in [2.75, 3.05) is 13.1 Å². The number of fused-ring (bicyclic) bond motifs is 1. The van der Waals surface area contributed by atoms with Crippen molar-refractivity contribution in [1.82, 2.24) is 9.88 Å². The summed E-state index contributed by atoms with van der Waals surface area (Å²) in [5.41, 5.74) is 0.281. The first kappa shape index (κ1) is 17.3. The van der Waals surface area contributed by atoms with E-state index in [4.69, 9.17) is 4.74 Å². The first-order chi connectivity index (χ1) is 12.9. The number of benzene rings is 2. The lowest BCUT2D eigenvalue weighted by atomic mass is 10.1. The zero-order valence-electron chi connectivity index (χ0n) is 14.1. The van der Waals surface area contributed by atoms with E-state index in [1.165, 1.54) is 17.0 Å². The molecule has 138 valence electrons. The number of para-hydroxylation sites is 1. The van der Waals surface area contributed by atoms with Crippen LogP contribution in [0.4, 0.5) is 13.2 Å². The molecule has 1 saturated heterocycles. The van der Waals surface area contributed by atoms with Gasteiger partial charge >= 0.3 is 6.18 Å². The number of halogens is 3. The van der Waals surface area contributed by atoms with Gasteiger partial charge in [0.1, 0.15) is 6.10 Å². The number of alkyl halides is 3.